The molecule has 0 fully saturated rings. The first-order valence-corrected chi connectivity index (χ1v) is 7.21. The predicted octanol–water partition coefficient (Wildman–Crippen LogP) is 2.18. The van der Waals surface area contributed by atoms with E-state index in [1.165, 1.54) is 0 Å². The van der Waals surface area contributed by atoms with Crippen LogP contribution in [0.2, 0.25) is 0 Å². The maximum atomic E-state index is 5.94. The highest BCUT2D eigenvalue weighted by Crippen LogP contribution is 2.35. The molecule has 3 aromatic rings. The van der Waals surface area contributed by atoms with Crippen molar-refractivity contribution in [3.63, 3.8) is 0 Å². The van der Waals surface area contributed by atoms with Gasteiger partial charge in [-0.15, -0.1) is 0 Å². The fraction of sp³-hybridized carbons (Fsp3) is 0.267. The summed E-state index contributed by atoms with van der Waals surface area (Å²) in [4.78, 5) is 9.15. The molecule has 0 saturated carbocycles. The van der Waals surface area contributed by atoms with Crippen LogP contribution in [0.4, 0.5) is 5.95 Å². The summed E-state index contributed by atoms with van der Waals surface area (Å²) in [5, 5.41) is 7.11. The standard InChI is InChI=1S/C15H16N6O/c1-3-11-12(8(2)20-22-11)13-18-14(16)19-15-17-9-6-4-5-7-10(9)21(13)15/h4-7,13H,3H2,1-2H3,(H3,16,17,18,19). The maximum Gasteiger partial charge on any atom is 0.212 e. The summed E-state index contributed by atoms with van der Waals surface area (Å²) in [7, 11) is 0. The Morgan fingerprint density at radius 1 is 1.36 bits per heavy atom. The topological polar surface area (TPSA) is 94.3 Å². The van der Waals surface area contributed by atoms with Crippen LogP contribution in [0.15, 0.2) is 33.8 Å². The number of nitrogens with two attached hydrogens (primary N) is 1. The quantitative estimate of drug-likeness (QED) is 0.756. The normalized spacial score (nSPS) is 17.2. The van der Waals surface area contributed by atoms with Crippen molar-refractivity contribution in [2.45, 2.75) is 26.4 Å². The molecule has 0 radical (unpaired) electrons. The molecule has 4 rings (SSSR count). The molecule has 7 heteroatoms. The highest BCUT2D eigenvalue weighted by Gasteiger charge is 2.30. The maximum absolute atomic E-state index is 5.94. The van der Waals surface area contributed by atoms with Gasteiger partial charge in [-0.25, -0.2) is 9.98 Å². The highest BCUT2D eigenvalue weighted by molar-refractivity contribution is 5.94. The number of hydrogen-bond donors (Lipinski definition) is 2. The van der Waals surface area contributed by atoms with Crippen molar-refractivity contribution in [3.05, 3.63) is 41.3 Å². The number of fused-ring (bicyclic) bond motifs is 3. The molecule has 1 unspecified atom stereocenters. The van der Waals surface area contributed by atoms with E-state index in [1.54, 1.807) is 0 Å². The molecule has 3 N–H and O–H groups in total. The van der Waals surface area contributed by atoms with Crippen LogP contribution >= 0.6 is 0 Å². The van der Waals surface area contributed by atoms with Gasteiger partial charge in [0.05, 0.1) is 22.3 Å². The Labute approximate surface area is 126 Å². The van der Waals surface area contributed by atoms with E-state index in [4.69, 9.17) is 10.3 Å². The van der Waals surface area contributed by atoms with Gasteiger partial charge in [0, 0.05) is 6.42 Å². The van der Waals surface area contributed by atoms with Crippen molar-refractivity contribution in [1.29, 1.82) is 0 Å². The average Bonchev–Trinajstić information content (AvgIpc) is 3.06. The summed E-state index contributed by atoms with van der Waals surface area (Å²) in [6.45, 7) is 3.95. The van der Waals surface area contributed by atoms with Crippen LogP contribution in [0.3, 0.4) is 0 Å². The van der Waals surface area contributed by atoms with E-state index >= 15 is 0 Å². The van der Waals surface area contributed by atoms with Gasteiger partial charge in [-0.05, 0) is 19.1 Å². The van der Waals surface area contributed by atoms with Gasteiger partial charge in [-0.3, -0.25) is 9.88 Å². The van der Waals surface area contributed by atoms with Crippen LogP contribution < -0.4 is 11.1 Å². The number of aryl methyl sites for hydroxylation is 2. The number of nitrogens with zero attached hydrogens (tertiary/aromatic N) is 4. The van der Waals surface area contributed by atoms with Crippen LogP contribution in [-0.4, -0.2) is 20.7 Å². The number of para-hydroxylation sites is 2. The van der Waals surface area contributed by atoms with Gasteiger partial charge >= 0.3 is 0 Å². The first kappa shape index (κ1) is 12.9. The minimum Gasteiger partial charge on any atom is -0.370 e. The van der Waals surface area contributed by atoms with Crippen LogP contribution in [-0.2, 0) is 6.42 Å². The molecule has 1 aliphatic heterocycles. The molecular formula is C15H16N6O. The van der Waals surface area contributed by atoms with E-state index in [2.05, 4.69) is 20.4 Å². The number of nitrogens with one attached hydrogen (secondary N) is 1. The van der Waals surface area contributed by atoms with Gasteiger partial charge in [0.25, 0.3) is 0 Å². The lowest BCUT2D eigenvalue weighted by Crippen LogP contribution is -2.31. The zero-order valence-corrected chi connectivity index (χ0v) is 12.4. The average molecular weight is 296 g/mol. The Morgan fingerprint density at radius 2 is 2.18 bits per heavy atom. The van der Waals surface area contributed by atoms with Crippen LogP contribution in [0.1, 0.15) is 30.1 Å². The zero-order chi connectivity index (χ0) is 15.3. The van der Waals surface area contributed by atoms with E-state index in [-0.39, 0.29) is 6.17 Å². The summed E-state index contributed by atoms with van der Waals surface area (Å²) in [6, 6.07) is 7.93. The Kier molecular flexibility index (Phi) is 2.69. The molecular weight excluding hydrogens is 280 g/mol. The lowest BCUT2D eigenvalue weighted by atomic mass is 10.1. The second kappa shape index (κ2) is 4.59. The summed E-state index contributed by atoms with van der Waals surface area (Å²) >= 11 is 0. The molecule has 1 aliphatic rings. The monoisotopic (exact) mass is 296 g/mol. The number of aromatic nitrogens is 3. The molecule has 22 heavy (non-hydrogen) atoms. The lowest BCUT2D eigenvalue weighted by Gasteiger charge is -2.23. The van der Waals surface area contributed by atoms with E-state index < -0.39 is 0 Å². The second-order valence-electron chi connectivity index (χ2n) is 5.27. The van der Waals surface area contributed by atoms with Gasteiger partial charge in [0.2, 0.25) is 5.95 Å². The van der Waals surface area contributed by atoms with Crippen LogP contribution in [0.5, 0.6) is 0 Å². The highest BCUT2D eigenvalue weighted by atomic mass is 16.5. The molecule has 0 saturated heterocycles. The Bertz CT molecular complexity index is 891. The third-order valence-electron chi connectivity index (χ3n) is 3.90. The fourth-order valence-corrected chi connectivity index (χ4v) is 2.92. The van der Waals surface area contributed by atoms with Crippen molar-refractivity contribution in [3.8, 4) is 0 Å². The van der Waals surface area contributed by atoms with Crippen molar-refractivity contribution in [1.82, 2.24) is 14.7 Å². The third-order valence-corrected chi connectivity index (χ3v) is 3.90. The number of imidazole rings is 1. The smallest absolute Gasteiger partial charge is 0.212 e. The summed E-state index contributed by atoms with van der Waals surface area (Å²) in [5.74, 6) is 1.85. The van der Waals surface area contributed by atoms with Gasteiger partial charge in [0.1, 0.15) is 5.76 Å². The Morgan fingerprint density at radius 3 is 3.00 bits per heavy atom. The van der Waals surface area contributed by atoms with E-state index in [0.29, 0.717) is 11.9 Å². The molecule has 1 atom stereocenters. The molecule has 2 aromatic heterocycles. The van der Waals surface area contributed by atoms with E-state index in [1.807, 2.05) is 42.7 Å². The van der Waals surface area contributed by atoms with E-state index in [9.17, 15) is 0 Å². The Hall–Kier alpha value is -2.83. The van der Waals surface area contributed by atoms with Crippen molar-refractivity contribution >= 4 is 22.9 Å². The number of guanidine groups is 1. The van der Waals surface area contributed by atoms with E-state index in [0.717, 1.165) is 34.5 Å². The van der Waals surface area contributed by atoms with Crippen molar-refractivity contribution in [2.24, 2.45) is 10.7 Å². The lowest BCUT2D eigenvalue weighted by molar-refractivity contribution is 0.380. The predicted molar refractivity (Wildman–Crippen MR) is 83.7 cm³/mol. The number of hydrogen-bond acceptors (Lipinski definition) is 6. The molecule has 7 nitrogen and oxygen atoms in total. The first-order chi connectivity index (χ1) is 10.7. The van der Waals surface area contributed by atoms with Crippen molar-refractivity contribution in [2.75, 3.05) is 5.32 Å². The molecule has 0 spiro atoms. The third kappa shape index (κ3) is 1.71. The first-order valence-electron chi connectivity index (χ1n) is 7.21. The summed E-state index contributed by atoms with van der Waals surface area (Å²) < 4.78 is 7.45. The van der Waals surface area contributed by atoms with Crippen molar-refractivity contribution < 1.29 is 4.52 Å². The SMILES string of the molecule is CCc1onc(C)c1C1N=C(N)Nc2nc3ccccc3n21. The largest absolute Gasteiger partial charge is 0.370 e. The molecule has 3 heterocycles. The molecule has 112 valence electrons. The van der Waals surface area contributed by atoms with Crippen LogP contribution in [0, 0.1) is 6.92 Å². The Balaban J connectivity index is 2.00. The fourth-order valence-electron chi connectivity index (χ4n) is 2.92. The number of anilines is 1. The van der Waals surface area contributed by atoms with Gasteiger partial charge in [0.15, 0.2) is 12.1 Å². The number of aliphatic imine (C=N–C) groups is 1. The minimum atomic E-state index is -0.315. The second-order valence-corrected chi connectivity index (χ2v) is 5.27. The number of rotatable bonds is 2. The molecule has 0 bridgehead atoms. The summed E-state index contributed by atoms with van der Waals surface area (Å²) in [6.07, 6.45) is 0.433. The van der Waals surface area contributed by atoms with Gasteiger partial charge in [-0.1, -0.05) is 24.2 Å². The molecule has 0 amide bonds. The van der Waals surface area contributed by atoms with Crippen LogP contribution in [0.25, 0.3) is 11.0 Å². The molecule has 1 aromatic carbocycles. The molecule has 0 aliphatic carbocycles. The number of benzene rings is 1. The summed E-state index contributed by atoms with van der Waals surface area (Å²) in [5.41, 5.74) is 9.61. The van der Waals surface area contributed by atoms with Gasteiger partial charge < -0.3 is 10.3 Å². The minimum absolute atomic E-state index is 0.315. The zero-order valence-electron chi connectivity index (χ0n) is 12.4. The van der Waals surface area contributed by atoms with Gasteiger partial charge in [-0.2, -0.15) is 0 Å².